The van der Waals surface area contributed by atoms with E-state index in [1.165, 1.54) is 13.0 Å². The smallest absolute Gasteiger partial charge is 0.354 e. The Labute approximate surface area is 109 Å². The van der Waals surface area contributed by atoms with Gasteiger partial charge in [0.05, 0.1) is 0 Å². The van der Waals surface area contributed by atoms with Crippen LogP contribution in [0.1, 0.15) is 27.8 Å². The lowest BCUT2D eigenvalue weighted by Crippen LogP contribution is -2.02. The molecule has 19 heavy (non-hydrogen) atoms. The third-order valence-corrected chi connectivity index (χ3v) is 2.53. The number of nitrogens with zero attached hydrogens (tertiary/aromatic N) is 1. The van der Waals surface area contributed by atoms with Crippen molar-refractivity contribution in [3.8, 4) is 0 Å². The number of rotatable bonds is 4. The second-order valence-electron chi connectivity index (χ2n) is 3.97. The molecule has 0 aliphatic carbocycles. The molecule has 0 aliphatic rings. The van der Waals surface area contributed by atoms with Crippen LogP contribution in [0.15, 0.2) is 42.5 Å². The zero-order valence-electron chi connectivity index (χ0n) is 10.3. The minimum atomic E-state index is -1.07. The normalized spacial score (nSPS) is 9.95. The number of nitrogens with one attached hydrogen (secondary N) is 1. The first-order chi connectivity index (χ1) is 9.06. The van der Waals surface area contributed by atoms with Crippen LogP contribution in [0, 0.1) is 0 Å². The van der Waals surface area contributed by atoms with Gasteiger partial charge in [0.25, 0.3) is 0 Å². The van der Waals surface area contributed by atoms with Crippen LogP contribution in [-0.2, 0) is 0 Å². The predicted molar refractivity (Wildman–Crippen MR) is 70.9 cm³/mol. The third-order valence-electron chi connectivity index (χ3n) is 2.53. The molecule has 1 aromatic heterocycles. The van der Waals surface area contributed by atoms with Gasteiger partial charge in [0.2, 0.25) is 0 Å². The van der Waals surface area contributed by atoms with Crippen LogP contribution in [0.4, 0.5) is 11.5 Å². The van der Waals surface area contributed by atoms with Gasteiger partial charge >= 0.3 is 5.97 Å². The van der Waals surface area contributed by atoms with Gasteiger partial charge in [-0.25, -0.2) is 9.78 Å². The van der Waals surface area contributed by atoms with Gasteiger partial charge in [0.1, 0.15) is 5.82 Å². The van der Waals surface area contributed by atoms with Crippen LogP contribution in [-0.4, -0.2) is 21.8 Å². The second kappa shape index (κ2) is 5.30. The molecule has 5 heteroatoms. The van der Waals surface area contributed by atoms with Crippen molar-refractivity contribution in [2.45, 2.75) is 6.92 Å². The average molecular weight is 256 g/mol. The van der Waals surface area contributed by atoms with Gasteiger partial charge in [-0.1, -0.05) is 6.07 Å². The Kier molecular flexibility index (Phi) is 3.56. The first kappa shape index (κ1) is 12.8. The van der Waals surface area contributed by atoms with Crippen molar-refractivity contribution in [2.24, 2.45) is 0 Å². The van der Waals surface area contributed by atoms with Crippen molar-refractivity contribution in [2.75, 3.05) is 5.32 Å². The van der Waals surface area contributed by atoms with Gasteiger partial charge < -0.3 is 10.4 Å². The van der Waals surface area contributed by atoms with Crippen molar-refractivity contribution in [3.05, 3.63) is 53.7 Å². The number of Topliss-reactive ketones (excluding diaryl/α,β-unsaturated/α-hetero) is 1. The van der Waals surface area contributed by atoms with Gasteiger partial charge in [-0.05, 0) is 43.3 Å². The van der Waals surface area contributed by atoms with Crippen LogP contribution in [0.2, 0.25) is 0 Å². The van der Waals surface area contributed by atoms with Crippen LogP contribution in [0.5, 0.6) is 0 Å². The monoisotopic (exact) mass is 256 g/mol. The molecule has 0 saturated heterocycles. The lowest BCUT2D eigenvalue weighted by Gasteiger charge is -2.06. The van der Waals surface area contributed by atoms with Crippen molar-refractivity contribution in [3.63, 3.8) is 0 Å². The van der Waals surface area contributed by atoms with E-state index < -0.39 is 5.97 Å². The highest BCUT2D eigenvalue weighted by molar-refractivity contribution is 5.94. The largest absolute Gasteiger partial charge is 0.477 e. The van der Waals surface area contributed by atoms with E-state index in [-0.39, 0.29) is 11.5 Å². The van der Waals surface area contributed by atoms with Gasteiger partial charge in [0, 0.05) is 11.3 Å². The number of ketones is 1. The summed E-state index contributed by atoms with van der Waals surface area (Å²) < 4.78 is 0. The van der Waals surface area contributed by atoms with Crippen LogP contribution in [0.3, 0.4) is 0 Å². The van der Waals surface area contributed by atoms with Crippen molar-refractivity contribution in [1.29, 1.82) is 0 Å². The quantitative estimate of drug-likeness (QED) is 0.822. The SMILES string of the molecule is CC(=O)c1ccc(Nc2cccc(C(=O)O)n2)cc1. The molecule has 2 aromatic rings. The molecule has 1 aromatic carbocycles. The molecule has 0 fully saturated rings. The number of carboxylic acid groups (broad SMARTS) is 1. The molecule has 0 unspecified atom stereocenters. The van der Waals surface area contributed by atoms with E-state index in [0.717, 1.165) is 5.69 Å². The maximum absolute atomic E-state index is 11.1. The molecule has 0 amide bonds. The average Bonchev–Trinajstić information content (AvgIpc) is 2.39. The summed E-state index contributed by atoms with van der Waals surface area (Å²) >= 11 is 0. The highest BCUT2D eigenvalue weighted by Gasteiger charge is 2.05. The van der Waals surface area contributed by atoms with Crippen LogP contribution >= 0.6 is 0 Å². The van der Waals surface area contributed by atoms with Crippen molar-refractivity contribution >= 4 is 23.3 Å². The second-order valence-corrected chi connectivity index (χ2v) is 3.97. The third kappa shape index (κ3) is 3.16. The fourth-order valence-corrected chi connectivity index (χ4v) is 1.56. The summed E-state index contributed by atoms with van der Waals surface area (Å²) in [4.78, 5) is 25.9. The molecule has 0 radical (unpaired) electrons. The summed E-state index contributed by atoms with van der Waals surface area (Å²) in [5, 5.41) is 11.8. The number of carbonyl (C=O) groups excluding carboxylic acids is 1. The first-order valence-electron chi connectivity index (χ1n) is 5.64. The number of benzene rings is 1. The summed E-state index contributed by atoms with van der Waals surface area (Å²) in [6, 6.07) is 11.6. The lowest BCUT2D eigenvalue weighted by atomic mass is 10.1. The molecule has 0 aliphatic heterocycles. The summed E-state index contributed by atoms with van der Waals surface area (Å²) in [6.45, 7) is 1.50. The van der Waals surface area contributed by atoms with Gasteiger partial charge in [0.15, 0.2) is 11.5 Å². The van der Waals surface area contributed by atoms with Crippen molar-refractivity contribution < 1.29 is 14.7 Å². The summed E-state index contributed by atoms with van der Waals surface area (Å²) in [7, 11) is 0. The summed E-state index contributed by atoms with van der Waals surface area (Å²) in [5.74, 6) is -0.636. The van der Waals surface area contributed by atoms with E-state index in [1.807, 2.05) is 0 Å². The molecule has 0 bridgehead atoms. The summed E-state index contributed by atoms with van der Waals surface area (Å²) in [6.07, 6.45) is 0. The number of hydrogen-bond donors (Lipinski definition) is 2. The fraction of sp³-hybridized carbons (Fsp3) is 0.0714. The Bertz CT molecular complexity index is 621. The van der Waals surface area contributed by atoms with E-state index in [2.05, 4.69) is 10.3 Å². The van der Waals surface area contributed by atoms with E-state index in [9.17, 15) is 9.59 Å². The number of hydrogen-bond acceptors (Lipinski definition) is 4. The molecule has 0 atom stereocenters. The fourth-order valence-electron chi connectivity index (χ4n) is 1.56. The highest BCUT2D eigenvalue weighted by atomic mass is 16.4. The molecule has 0 spiro atoms. The molecule has 2 N–H and O–H groups in total. The molecule has 5 nitrogen and oxygen atoms in total. The van der Waals surface area contributed by atoms with E-state index in [1.54, 1.807) is 36.4 Å². The molecular weight excluding hydrogens is 244 g/mol. The number of aromatic carboxylic acids is 1. The highest BCUT2D eigenvalue weighted by Crippen LogP contribution is 2.16. The van der Waals surface area contributed by atoms with Gasteiger partial charge in [-0.3, -0.25) is 4.79 Å². The molecule has 1 heterocycles. The number of aromatic nitrogens is 1. The number of carboxylic acids is 1. The standard InChI is InChI=1S/C14H12N2O3/c1-9(17)10-5-7-11(8-6-10)15-13-4-2-3-12(16-13)14(18)19/h2-8H,1H3,(H,15,16)(H,18,19). The van der Waals surface area contributed by atoms with Crippen LogP contribution < -0.4 is 5.32 Å². The number of anilines is 2. The Morgan fingerprint density at radius 3 is 2.37 bits per heavy atom. The molecule has 0 saturated carbocycles. The summed E-state index contributed by atoms with van der Waals surface area (Å²) in [5.41, 5.74) is 1.34. The zero-order chi connectivity index (χ0) is 13.8. The maximum atomic E-state index is 11.1. The van der Waals surface area contributed by atoms with Crippen molar-refractivity contribution in [1.82, 2.24) is 4.98 Å². The molecule has 2 rings (SSSR count). The van der Waals surface area contributed by atoms with E-state index >= 15 is 0 Å². The first-order valence-corrected chi connectivity index (χ1v) is 5.64. The minimum absolute atomic E-state index is 0.00227. The minimum Gasteiger partial charge on any atom is -0.477 e. The zero-order valence-corrected chi connectivity index (χ0v) is 10.3. The Morgan fingerprint density at radius 1 is 1.11 bits per heavy atom. The Balaban J connectivity index is 2.19. The molecular formula is C14H12N2O3. The predicted octanol–water partition coefficient (Wildman–Crippen LogP) is 2.73. The van der Waals surface area contributed by atoms with E-state index in [0.29, 0.717) is 11.4 Å². The van der Waals surface area contributed by atoms with Gasteiger partial charge in [-0.2, -0.15) is 0 Å². The molecule has 96 valence electrons. The lowest BCUT2D eigenvalue weighted by molar-refractivity contribution is 0.0690. The van der Waals surface area contributed by atoms with Crippen LogP contribution in [0.25, 0.3) is 0 Å². The number of carbonyl (C=O) groups is 2. The van der Waals surface area contributed by atoms with Gasteiger partial charge in [-0.15, -0.1) is 0 Å². The maximum Gasteiger partial charge on any atom is 0.354 e. The Hall–Kier alpha value is -2.69. The topological polar surface area (TPSA) is 79.3 Å². The van der Waals surface area contributed by atoms with E-state index in [4.69, 9.17) is 5.11 Å². The Morgan fingerprint density at radius 2 is 1.79 bits per heavy atom. The number of pyridine rings is 1.